The largest absolute Gasteiger partial charge is 0.492 e. The van der Waals surface area contributed by atoms with E-state index in [-0.39, 0.29) is 35.1 Å². The molecule has 5 unspecified atom stereocenters. The van der Waals surface area contributed by atoms with E-state index in [9.17, 15) is 14.3 Å². The molecule has 2 aromatic rings. The summed E-state index contributed by atoms with van der Waals surface area (Å²) in [7, 11) is 1.42. The highest BCUT2D eigenvalue weighted by atomic mass is 19.1. The summed E-state index contributed by atoms with van der Waals surface area (Å²) < 4.78 is 20.0. The fraction of sp³-hybridized carbons (Fsp3) is 0.652. The van der Waals surface area contributed by atoms with Crippen LogP contribution >= 0.6 is 0 Å². The highest BCUT2D eigenvalue weighted by molar-refractivity contribution is 5.84. The molecule has 4 fully saturated rings. The average molecular weight is 416 g/mol. The number of H-pyrrole nitrogens is 1. The zero-order valence-corrected chi connectivity index (χ0v) is 17.9. The molecule has 5 atom stereocenters. The quantitative estimate of drug-likeness (QED) is 0.794. The van der Waals surface area contributed by atoms with E-state index in [4.69, 9.17) is 4.74 Å². The van der Waals surface area contributed by atoms with Crippen LogP contribution in [0.5, 0.6) is 5.75 Å². The van der Waals surface area contributed by atoms with Crippen molar-refractivity contribution >= 4 is 16.9 Å². The third-order valence-electron chi connectivity index (χ3n) is 7.71. The zero-order chi connectivity index (χ0) is 21.3. The van der Waals surface area contributed by atoms with Gasteiger partial charge in [0.2, 0.25) is 5.91 Å². The SMILES string of the molecule is COc1cnc2[nH]cc(C(C)CC(=O)N3C4CCC5(O)CC3CC(C)(C4)C5)c2c1F. The second-order valence-corrected chi connectivity index (χ2v) is 10.2. The van der Waals surface area contributed by atoms with Gasteiger partial charge < -0.3 is 19.7 Å². The Morgan fingerprint density at radius 1 is 1.43 bits per heavy atom. The Hall–Kier alpha value is -2.15. The Bertz CT molecular complexity index is 1000. The number of pyridine rings is 1. The van der Waals surface area contributed by atoms with Gasteiger partial charge in [-0.05, 0) is 55.4 Å². The van der Waals surface area contributed by atoms with Crippen LogP contribution < -0.4 is 4.74 Å². The molecule has 30 heavy (non-hydrogen) atoms. The number of amides is 1. The number of ether oxygens (including phenoxy) is 1. The van der Waals surface area contributed by atoms with Crippen LogP contribution in [-0.2, 0) is 4.79 Å². The minimum atomic E-state index is -0.630. The van der Waals surface area contributed by atoms with Gasteiger partial charge in [-0.15, -0.1) is 0 Å². The molecule has 6 rings (SSSR count). The molecule has 4 bridgehead atoms. The summed E-state index contributed by atoms with van der Waals surface area (Å²) in [5.74, 6) is -0.396. The fourth-order valence-corrected chi connectivity index (χ4v) is 6.68. The number of hydrogen-bond donors (Lipinski definition) is 2. The summed E-state index contributed by atoms with van der Waals surface area (Å²) in [5, 5.41) is 11.5. The lowest BCUT2D eigenvalue weighted by Gasteiger charge is -2.54. The molecule has 2 saturated heterocycles. The second-order valence-electron chi connectivity index (χ2n) is 10.2. The number of methoxy groups -OCH3 is 1. The number of rotatable bonds is 4. The van der Waals surface area contributed by atoms with Gasteiger partial charge in [-0.3, -0.25) is 4.79 Å². The molecular weight excluding hydrogens is 385 g/mol. The molecule has 162 valence electrons. The van der Waals surface area contributed by atoms with Gasteiger partial charge in [0.1, 0.15) is 5.65 Å². The van der Waals surface area contributed by atoms with Crippen LogP contribution in [0.4, 0.5) is 4.39 Å². The fourth-order valence-electron chi connectivity index (χ4n) is 6.68. The first-order valence-electron chi connectivity index (χ1n) is 10.9. The Morgan fingerprint density at radius 3 is 2.97 bits per heavy atom. The van der Waals surface area contributed by atoms with Gasteiger partial charge in [0.05, 0.1) is 24.3 Å². The first-order valence-corrected chi connectivity index (χ1v) is 10.9. The van der Waals surface area contributed by atoms with Crippen LogP contribution in [0.25, 0.3) is 11.0 Å². The summed E-state index contributed by atoms with van der Waals surface area (Å²) in [5.41, 5.74) is 0.707. The first kappa shape index (κ1) is 19.8. The number of aromatic amines is 1. The Balaban J connectivity index is 1.41. The minimum absolute atomic E-state index is 0.102. The normalized spacial score (nSPS) is 33.7. The van der Waals surface area contributed by atoms with Crippen molar-refractivity contribution in [1.82, 2.24) is 14.9 Å². The number of hydrogen-bond acceptors (Lipinski definition) is 4. The van der Waals surface area contributed by atoms with Crippen molar-refractivity contribution < 1.29 is 19.0 Å². The number of aromatic nitrogens is 2. The van der Waals surface area contributed by atoms with Crippen LogP contribution in [0.3, 0.4) is 0 Å². The van der Waals surface area contributed by atoms with Crippen LogP contribution in [0, 0.1) is 11.2 Å². The number of nitrogens with zero attached hydrogens (tertiary/aromatic N) is 2. The Kier molecular flexibility index (Phi) is 4.40. The Labute approximate surface area is 175 Å². The van der Waals surface area contributed by atoms with E-state index in [2.05, 4.69) is 21.8 Å². The van der Waals surface area contributed by atoms with Gasteiger partial charge >= 0.3 is 0 Å². The summed E-state index contributed by atoms with van der Waals surface area (Å²) in [6.45, 7) is 4.22. The van der Waals surface area contributed by atoms with E-state index < -0.39 is 11.4 Å². The molecule has 2 aliphatic heterocycles. The molecule has 2 aromatic heterocycles. The van der Waals surface area contributed by atoms with E-state index >= 15 is 0 Å². The topological polar surface area (TPSA) is 78.5 Å². The molecule has 7 heteroatoms. The van der Waals surface area contributed by atoms with Crippen molar-refractivity contribution in [1.29, 1.82) is 0 Å². The van der Waals surface area contributed by atoms with Crippen molar-refractivity contribution in [3.05, 3.63) is 23.8 Å². The first-order chi connectivity index (χ1) is 14.2. The monoisotopic (exact) mass is 415 g/mol. The van der Waals surface area contributed by atoms with E-state index in [0.717, 1.165) is 37.7 Å². The van der Waals surface area contributed by atoms with Gasteiger partial charge in [-0.1, -0.05) is 13.8 Å². The van der Waals surface area contributed by atoms with Gasteiger partial charge in [0, 0.05) is 24.7 Å². The average Bonchev–Trinajstić information content (AvgIpc) is 3.03. The maximum Gasteiger partial charge on any atom is 0.223 e. The van der Waals surface area contributed by atoms with Crippen molar-refractivity contribution in [3.8, 4) is 5.75 Å². The summed E-state index contributed by atoms with van der Waals surface area (Å²) in [4.78, 5) is 22.8. The zero-order valence-electron chi connectivity index (χ0n) is 17.9. The third-order valence-corrected chi connectivity index (χ3v) is 7.71. The number of piperidine rings is 1. The lowest BCUT2D eigenvalue weighted by atomic mass is 9.63. The maximum absolute atomic E-state index is 14.9. The summed E-state index contributed by atoms with van der Waals surface area (Å²) in [6, 6.07) is 0.308. The molecular formula is C23H30FN3O3. The Morgan fingerprint density at radius 2 is 2.20 bits per heavy atom. The predicted molar refractivity (Wildman–Crippen MR) is 111 cm³/mol. The molecule has 4 aliphatic rings. The lowest BCUT2D eigenvalue weighted by molar-refractivity contribution is -0.149. The van der Waals surface area contributed by atoms with E-state index in [1.165, 1.54) is 13.3 Å². The highest BCUT2D eigenvalue weighted by Gasteiger charge is 2.56. The minimum Gasteiger partial charge on any atom is -0.492 e. The van der Waals surface area contributed by atoms with Crippen molar-refractivity contribution in [3.63, 3.8) is 0 Å². The van der Waals surface area contributed by atoms with E-state index in [1.54, 1.807) is 6.20 Å². The van der Waals surface area contributed by atoms with Gasteiger partial charge in [0.25, 0.3) is 0 Å². The third kappa shape index (κ3) is 3.01. The molecule has 0 spiro atoms. The molecule has 0 radical (unpaired) electrons. The number of aliphatic hydroxyl groups is 1. The predicted octanol–water partition coefficient (Wildman–Crippen LogP) is 3.89. The molecule has 2 N–H and O–H groups in total. The van der Waals surface area contributed by atoms with Crippen LogP contribution in [-0.4, -0.2) is 50.7 Å². The van der Waals surface area contributed by atoms with E-state index in [0.29, 0.717) is 23.9 Å². The number of carbonyl (C=O) groups excluding carboxylic acids is 1. The van der Waals surface area contributed by atoms with Crippen molar-refractivity contribution in [2.75, 3.05) is 7.11 Å². The smallest absolute Gasteiger partial charge is 0.223 e. The molecule has 1 amide bonds. The standard InChI is InChI=1S/C23H30FN3O3/c1-13(16-10-25-21-19(16)20(24)17(30-3)11-26-21)6-18(28)27-14-4-5-23(29)9-15(27)8-22(2,7-14)12-23/h10-11,13-15,29H,4-9,12H2,1-3H3,(H,25,26). The molecule has 2 aliphatic carbocycles. The molecule has 6 nitrogen and oxygen atoms in total. The van der Waals surface area contributed by atoms with Crippen LogP contribution in [0.2, 0.25) is 0 Å². The maximum atomic E-state index is 14.9. The molecule has 0 aromatic carbocycles. The second kappa shape index (κ2) is 6.67. The number of fused-ring (bicyclic) bond motifs is 2. The molecule has 2 saturated carbocycles. The van der Waals surface area contributed by atoms with Gasteiger partial charge in [-0.25, -0.2) is 9.37 Å². The van der Waals surface area contributed by atoms with Crippen molar-refractivity contribution in [2.24, 2.45) is 5.41 Å². The summed E-state index contributed by atoms with van der Waals surface area (Å²) in [6.07, 6.45) is 8.54. The van der Waals surface area contributed by atoms with Crippen molar-refractivity contribution in [2.45, 2.75) is 82.4 Å². The number of carbonyl (C=O) groups is 1. The lowest BCUT2D eigenvalue weighted by Crippen LogP contribution is -2.58. The van der Waals surface area contributed by atoms with Gasteiger partial charge in [0.15, 0.2) is 11.6 Å². The summed E-state index contributed by atoms with van der Waals surface area (Å²) >= 11 is 0. The van der Waals surface area contributed by atoms with Gasteiger partial charge in [-0.2, -0.15) is 0 Å². The van der Waals surface area contributed by atoms with E-state index in [1.807, 2.05) is 6.92 Å². The molecule has 4 heterocycles. The number of nitrogens with one attached hydrogen (secondary N) is 1. The van der Waals surface area contributed by atoms with Crippen LogP contribution in [0.1, 0.15) is 70.3 Å². The highest BCUT2D eigenvalue weighted by Crippen LogP contribution is 2.55. The van der Waals surface area contributed by atoms with Crippen LogP contribution in [0.15, 0.2) is 12.4 Å². The number of halogens is 1.